The maximum absolute atomic E-state index is 11.1. The zero-order chi connectivity index (χ0) is 9.90. The molecule has 13 heavy (non-hydrogen) atoms. The minimum absolute atomic E-state index is 0.0737. The van der Waals surface area contributed by atoms with Crippen LogP contribution in [0.5, 0.6) is 0 Å². The van der Waals surface area contributed by atoms with Gasteiger partial charge in [-0.2, -0.15) is 11.8 Å². The van der Waals surface area contributed by atoms with Crippen molar-refractivity contribution in [1.82, 2.24) is 0 Å². The molecule has 1 rings (SSSR count). The molecule has 0 aliphatic carbocycles. The Labute approximate surface area is 82.3 Å². The standard InChI is InChI=1S/C7H14O4S2/c8-2-1-3-12-7-5-13(10,11)4-6(7)9/h6-9H,1-5H2. The fourth-order valence-electron chi connectivity index (χ4n) is 1.26. The highest BCUT2D eigenvalue weighted by molar-refractivity contribution is 8.01. The second kappa shape index (κ2) is 4.63. The molecule has 1 aliphatic rings. The first-order valence-electron chi connectivity index (χ1n) is 4.16. The van der Waals surface area contributed by atoms with Crippen LogP contribution in [0.2, 0.25) is 0 Å². The SMILES string of the molecule is O=S1(=O)CC(O)C(SCCCO)C1. The second-order valence-corrected chi connectivity index (χ2v) is 6.63. The lowest BCUT2D eigenvalue weighted by Gasteiger charge is -2.10. The van der Waals surface area contributed by atoms with Gasteiger partial charge in [-0.1, -0.05) is 0 Å². The highest BCUT2D eigenvalue weighted by atomic mass is 32.2. The van der Waals surface area contributed by atoms with Gasteiger partial charge in [0.15, 0.2) is 9.84 Å². The first-order chi connectivity index (χ1) is 6.05. The van der Waals surface area contributed by atoms with E-state index in [1.807, 2.05) is 0 Å². The Bertz CT molecular complexity index is 249. The lowest BCUT2D eigenvalue weighted by atomic mass is 10.3. The molecule has 1 fully saturated rings. The van der Waals surface area contributed by atoms with Crippen molar-refractivity contribution in [1.29, 1.82) is 0 Å². The van der Waals surface area contributed by atoms with Crippen molar-refractivity contribution in [2.75, 3.05) is 23.9 Å². The number of thioether (sulfide) groups is 1. The quantitative estimate of drug-likeness (QED) is 0.618. The summed E-state index contributed by atoms with van der Waals surface area (Å²) in [5.74, 6) is 0.668. The summed E-state index contributed by atoms with van der Waals surface area (Å²) in [5.41, 5.74) is 0. The van der Waals surface area contributed by atoms with Crippen molar-refractivity contribution in [3.63, 3.8) is 0 Å². The summed E-state index contributed by atoms with van der Waals surface area (Å²) in [4.78, 5) is 0. The second-order valence-electron chi connectivity index (χ2n) is 3.13. The summed E-state index contributed by atoms with van der Waals surface area (Å²) in [6.07, 6.45) is -0.0813. The highest BCUT2D eigenvalue weighted by Gasteiger charge is 2.36. The Morgan fingerprint density at radius 3 is 2.54 bits per heavy atom. The van der Waals surface area contributed by atoms with Crippen LogP contribution in [0.1, 0.15) is 6.42 Å². The molecule has 2 unspecified atom stereocenters. The van der Waals surface area contributed by atoms with Crippen LogP contribution >= 0.6 is 11.8 Å². The number of aliphatic hydroxyl groups is 2. The summed E-state index contributed by atoms with van der Waals surface area (Å²) in [6, 6.07) is 0. The largest absolute Gasteiger partial charge is 0.396 e. The molecule has 1 aliphatic heterocycles. The number of sulfone groups is 1. The predicted molar refractivity (Wildman–Crippen MR) is 52.6 cm³/mol. The molecule has 0 aromatic carbocycles. The zero-order valence-corrected chi connectivity index (χ0v) is 8.85. The van der Waals surface area contributed by atoms with E-state index in [9.17, 15) is 13.5 Å². The van der Waals surface area contributed by atoms with Gasteiger partial charge in [-0.15, -0.1) is 0 Å². The van der Waals surface area contributed by atoms with E-state index >= 15 is 0 Å². The summed E-state index contributed by atoms with van der Waals surface area (Å²) in [6.45, 7) is 0.114. The Hall–Kier alpha value is 0.220. The van der Waals surface area contributed by atoms with Crippen LogP contribution in [0, 0.1) is 0 Å². The molecule has 0 aromatic heterocycles. The topological polar surface area (TPSA) is 74.6 Å². The van der Waals surface area contributed by atoms with Crippen LogP contribution in [0.3, 0.4) is 0 Å². The van der Waals surface area contributed by atoms with Crippen LogP contribution in [0.25, 0.3) is 0 Å². The van der Waals surface area contributed by atoms with Crippen molar-refractivity contribution < 1.29 is 18.6 Å². The Morgan fingerprint density at radius 2 is 2.08 bits per heavy atom. The van der Waals surface area contributed by atoms with E-state index < -0.39 is 15.9 Å². The smallest absolute Gasteiger partial charge is 0.154 e. The average Bonchev–Trinajstić information content (AvgIpc) is 2.25. The Balaban J connectivity index is 2.36. The fourth-order valence-corrected chi connectivity index (χ4v) is 4.91. The van der Waals surface area contributed by atoms with Crippen LogP contribution in [0.15, 0.2) is 0 Å². The number of hydrogen-bond donors (Lipinski definition) is 2. The maximum atomic E-state index is 11.1. The van der Waals surface area contributed by atoms with Crippen molar-refractivity contribution in [3.8, 4) is 0 Å². The lowest BCUT2D eigenvalue weighted by molar-refractivity contribution is 0.207. The van der Waals surface area contributed by atoms with Gasteiger partial charge < -0.3 is 10.2 Å². The molecule has 2 N–H and O–H groups in total. The van der Waals surface area contributed by atoms with E-state index in [0.717, 1.165) is 0 Å². The Morgan fingerprint density at radius 1 is 1.38 bits per heavy atom. The van der Waals surface area contributed by atoms with E-state index in [0.29, 0.717) is 12.2 Å². The van der Waals surface area contributed by atoms with E-state index in [1.54, 1.807) is 0 Å². The third-order valence-electron chi connectivity index (χ3n) is 1.91. The fraction of sp³-hybridized carbons (Fsp3) is 1.00. The van der Waals surface area contributed by atoms with Crippen molar-refractivity contribution in [2.24, 2.45) is 0 Å². The van der Waals surface area contributed by atoms with E-state index in [1.165, 1.54) is 11.8 Å². The molecule has 0 saturated carbocycles. The monoisotopic (exact) mass is 226 g/mol. The highest BCUT2D eigenvalue weighted by Crippen LogP contribution is 2.25. The van der Waals surface area contributed by atoms with Gasteiger partial charge in [-0.3, -0.25) is 0 Å². The summed E-state index contributed by atoms with van der Waals surface area (Å²) in [7, 11) is -3.02. The van der Waals surface area contributed by atoms with Crippen LogP contribution in [-0.2, 0) is 9.84 Å². The molecule has 0 aromatic rings. The molecular weight excluding hydrogens is 212 g/mol. The molecule has 0 amide bonds. The molecule has 0 bridgehead atoms. The van der Waals surface area contributed by atoms with Crippen molar-refractivity contribution >= 4 is 21.6 Å². The van der Waals surface area contributed by atoms with Gasteiger partial charge in [0.05, 0.1) is 17.6 Å². The van der Waals surface area contributed by atoms with E-state index in [4.69, 9.17) is 5.11 Å². The summed E-state index contributed by atoms with van der Waals surface area (Å²) < 4.78 is 22.1. The van der Waals surface area contributed by atoms with Crippen LogP contribution < -0.4 is 0 Å². The summed E-state index contributed by atoms with van der Waals surface area (Å²) in [5, 5.41) is 17.7. The number of rotatable bonds is 4. The molecule has 1 heterocycles. The Kier molecular flexibility index (Phi) is 4.03. The molecule has 1 saturated heterocycles. The first kappa shape index (κ1) is 11.3. The minimum atomic E-state index is -3.02. The van der Waals surface area contributed by atoms with Crippen molar-refractivity contribution in [2.45, 2.75) is 17.8 Å². The number of hydrogen-bond acceptors (Lipinski definition) is 5. The third-order valence-corrected chi connectivity index (χ3v) is 5.27. The van der Waals surface area contributed by atoms with E-state index in [2.05, 4.69) is 0 Å². The molecule has 78 valence electrons. The van der Waals surface area contributed by atoms with Gasteiger partial charge in [-0.05, 0) is 12.2 Å². The molecule has 2 atom stereocenters. The molecular formula is C7H14O4S2. The van der Waals surface area contributed by atoms with E-state index in [-0.39, 0.29) is 23.4 Å². The first-order valence-corrected chi connectivity index (χ1v) is 7.03. The minimum Gasteiger partial charge on any atom is -0.396 e. The molecule has 0 spiro atoms. The van der Waals surface area contributed by atoms with Gasteiger partial charge in [0.25, 0.3) is 0 Å². The maximum Gasteiger partial charge on any atom is 0.154 e. The van der Waals surface area contributed by atoms with Crippen molar-refractivity contribution in [3.05, 3.63) is 0 Å². The van der Waals surface area contributed by atoms with Gasteiger partial charge in [-0.25, -0.2) is 8.42 Å². The van der Waals surface area contributed by atoms with Gasteiger partial charge >= 0.3 is 0 Å². The van der Waals surface area contributed by atoms with Gasteiger partial charge in [0, 0.05) is 11.9 Å². The van der Waals surface area contributed by atoms with Gasteiger partial charge in [0.2, 0.25) is 0 Å². The third kappa shape index (κ3) is 3.46. The molecule has 0 radical (unpaired) electrons. The lowest BCUT2D eigenvalue weighted by Crippen LogP contribution is -2.20. The molecule has 6 heteroatoms. The number of aliphatic hydroxyl groups excluding tert-OH is 2. The van der Waals surface area contributed by atoms with Crippen LogP contribution in [-0.4, -0.2) is 53.9 Å². The van der Waals surface area contributed by atoms with Gasteiger partial charge in [0.1, 0.15) is 0 Å². The van der Waals surface area contributed by atoms with Crippen LogP contribution in [0.4, 0.5) is 0 Å². The normalized spacial score (nSPS) is 32.2. The summed E-state index contributed by atoms with van der Waals surface area (Å²) >= 11 is 1.43. The molecule has 4 nitrogen and oxygen atoms in total. The zero-order valence-electron chi connectivity index (χ0n) is 7.22. The predicted octanol–water partition coefficient (Wildman–Crippen LogP) is -0.740. The average molecular weight is 226 g/mol.